The predicted octanol–water partition coefficient (Wildman–Crippen LogP) is 4.32. The second-order valence-electron chi connectivity index (χ2n) is 5.02. The summed E-state index contributed by atoms with van der Waals surface area (Å²) in [6.07, 6.45) is 0. The normalized spacial score (nSPS) is 10.8. The van der Waals surface area contributed by atoms with Gasteiger partial charge in [-0.15, -0.1) is 11.8 Å². The van der Waals surface area contributed by atoms with Crippen LogP contribution >= 0.6 is 11.8 Å². The largest absolute Gasteiger partial charge is 0.370 e. The molecule has 0 aliphatic carbocycles. The van der Waals surface area contributed by atoms with Gasteiger partial charge in [-0.05, 0) is 12.8 Å². The molecule has 0 unspecified atom stereocenters. The summed E-state index contributed by atoms with van der Waals surface area (Å²) in [5.41, 5.74) is 1.05. The number of nitrogens with one attached hydrogen (secondary N) is 1. The minimum Gasteiger partial charge on any atom is -0.370 e. The van der Waals surface area contributed by atoms with Gasteiger partial charge in [0.25, 0.3) is 0 Å². The second-order valence-corrected chi connectivity index (χ2v) is 6.06. The summed E-state index contributed by atoms with van der Waals surface area (Å²) in [6.45, 7) is 7.37. The molecule has 0 amide bonds. The second kappa shape index (κ2) is 7.29. The van der Waals surface area contributed by atoms with Crippen molar-refractivity contribution in [2.45, 2.75) is 25.8 Å². The number of aromatic nitrogens is 2. The summed E-state index contributed by atoms with van der Waals surface area (Å²) in [4.78, 5) is 9.25. The molecule has 1 aromatic carbocycles. The monoisotopic (exact) mass is 287 g/mol. The number of anilines is 1. The Hall–Kier alpha value is -1.55. The van der Waals surface area contributed by atoms with Crippen LogP contribution in [0, 0.1) is 5.92 Å². The van der Waals surface area contributed by atoms with Crippen LogP contribution in [0.5, 0.6) is 0 Å². The Bertz CT molecular complexity index is 541. The quantitative estimate of drug-likeness (QED) is 0.634. The molecule has 20 heavy (non-hydrogen) atoms. The fourth-order valence-electron chi connectivity index (χ4n) is 1.74. The molecule has 1 heterocycles. The van der Waals surface area contributed by atoms with Gasteiger partial charge in [-0.25, -0.2) is 9.97 Å². The number of thioether (sulfide) groups is 1. The fraction of sp³-hybridized carbons (Fsp3) is 0.375. The van der Waals surface area contributed by atoms with Gasteiger partial charge in [0.1, 0.15) is 10.8 Å². The smallest absolute Gasteiger partial charge is 0.162 e. The zero-order chi connectivity index (χ0) is 14.4. The Labute approximate surface area is 125 Å². The lowest BCUT2D eigenvalue weighted by Crippen LogP contribution is -2.03. The molecular formula is C16H21N3S. The molecule has 2 rings (SSSR count). The van der Waals surface area contributed by atoms with Gasteiger partial charge in [0, 0.05) is 23.9 Å². The van der Waals surface area contributed by atoms with E-state index in [9.17, 15) is 0 Å². The first kappa shape index (κ1) is 14.9. The molecule has 1 aromatic heterocycles. The van der Waals surface area contributed by atoms with E-state index in [-0.39, 0.29) is 0 Å². The van der Waals surface area contributed by atoms with Crippen molar-refractivity contribution in [1.82, 2.24) is 9.97 Å². The standard InChI is InChI=1S/C16H21N3S/c1-4-17-14-10-15(20-11-12(2)3)19-16(18-14)13-8-6-5-7-9-13/h5-10,12H,4,11H2,1-3H3,(H,17,18,19). The van der Waals surface area contributed by atoms with Crippen molar-refractivity contribution in [3.05, 3.63) is 36.4 Å². The third-order valence-electron chi connectivity index (χ3n) is 2.66. The van der Waals surface area contributed by atoms with E-state index in [1.165, 1.54) is 0 Å². The maximum Gasteiger partial charge on any atom is 0.162 e. The molecule has 3 nitrogen and oxygen atoms in total. The van der Waals surface area contributed by atoms with Gasteiger partial charge in [-0.3, -0.25) is 0 Å². The highest BCUT2D eigenvalue weighted by Crippen LogP contribution is 2.24. The van der Waals surface area contributed by atoms with E-state index in [1.807, 2.05) is 36.4 Å². The molecule has 1 N–H and O–H groups in total. The van der Waals surface area contributed by atoms with Crippen molar-refractivity contribution in [1.29, 1.82) is 0 Å². The van der Waals surface area contributed by atoms with Crippen molar-refractivity contribution >= 4 is 17.6 Å². The number of rotatable bonds is 6. The third-order valence-corrected chi connectivity index (χ3v) is 4.00. The first-order valence-electron chi connectivity index (χ1n) is 7.00. The average Bonchev–Trinajstić information content (AvgIpc) is 2.46. The highest BCUT2D eigenvalue weighted by atomic mass is 32.2. The summed E-state index contributed by atoms with van der Waals surface area (Å²) < 4.78 is 0. The highest BCUT2D eigenvalue weighted by molar-refractivity contribution is 7.99. The van der Waals surface area contributed by atoms with Gasteiger partial charge >= 0.3 is 0 Å². The molecule has 0 fully saturated rings. The van der Waals surface area contributed by atoms with Crippen LogP contribution in [0.3, 0.4) is 0 Å². The van der Waals surface area contributed by atoms with Crippen LogP contribution in [-0.4, -0.2) is 22.3 Å². The summed E-state index contributed by atoms with van der Waals surface area (Å²) in [6, 6.07) is 12.2. The lowest BCUT2D eigenvalue weighted by Gasteiger charge is -2.09. The first-order chi connectivity index (χ1) is 9.69. The summed E-state index contributed by atoms with van der Waals surface area (Å²) in [5.74, 6) is 3.40. The Morgan fingerprint density at radius 3 is 2.55 bits per heavy atom. The van der Waals surface area contributed by atoms with Crippen LogP contribution in [-0.2, 0) is 0 Å². The highest BCUT2D eigenvalue weighted by Gasteiger charge is 2.07. The van der Waals surface area contributed by atoms with Crippen LogP contribution in [0.4, 0.5) is 5.82 Å². The van der Waals surface area contributed by atoms with E-state index in [4.69, 9.17) is 0 Å². The molecular weight excluding hydrogens is 266 g/mol. The van der Waals surface area contributed by atoms with Crippen molar-refractivity contribution in [3.8, 4) is 11.4 Å². The van der Waals surface area contributed by atoms with E-state index < -0.39 is 0 Å². The Morgan fingerprint density at radius 2 is 1.90 bits per heavy atom. The zero-order valence-electron chi connectivity index (χ0n) is 12.3. The summed E-state index contributed by atoms with van der Waals surface area (Å²) in [5, 5.41) is 4.31. The van der Waals surface area contributed by atoms with Gasteiger partial charge < -0.3 is 5.32 Å². The molecule has 0 atom stereocenters. The molecule has 0 radical (unpaired) electrons. The van der Waals surface area contributed by atoms with Crippen LogP contribution in [0.2, 0.25) is 0 Å². The average molecular weight is 287 g/mol. The van der Waals surface area contributed by atoms with Gasteiger partial charge in [-0.1, -0.05) is 44.2 Å². The number of nitrogens with zero attached hydrogens (tertiary/aromatic N) is 2. The Balaban J connectivity index is 2.31. The van der Waals surface area contributed by atoms with E-state index in [2.05, 4.69) is 36.1 Å². The topological polar surface area (TPSA) is 37.8 Å². The zero-order valence-corrected chi connectivity index (χ0v) is 13.1. The van der Waals surface area contributed by atoms with Crippen molar-refractivity contribution in [3.63, 3.8) is 0 Å². The van der Waals surface area contributed by atoms with E-state index in [0.29, 0.717) is 5.92 Å². The van der Waals surface area contributed by atoms with Gasteiger partial charge in [-0.2, -0.15) is 0 Å². The minimum atomic E-state index is 0.651. The molecule has 0 aliphatic heterocycles. The molecule has 0 saturated carbocycles. The fourth-order valence-corrected chi connectivity index (χ4v) is 2.59. The van der Waals surface area contributed by atoms with E-state index in [1.54, 1.807) is 11.8 Å². The Kier molecular flexibility index (Phi) is 5.41. The van der Waals surface area contributed by atoms with Crippen LogP contribution in [0.1, 0.15) is 20.8 Å². The number of benzene rings is 1. The molecule has 0 bridgehead atoms. The van der Waals surface area contributed by atoms with E-state index in [0.717, 1.165) is 34.5 Å². The number of hydrogen-bond donors (Lipinski definition) is 1. The minimum absolute atomic E-state index is 0.651. The van der Waals surface area contributed by atoms with Crippen molar-refractivity contribution in [2.75, 3.05) is 17.6 Å². The van der Waals surface area contributed by atoms with Crippen LogP contribution in [0.25, 0.3) is 11.4 Å². The maximum atomic E-state index is 4.67. The molecule has 0 saturated heterocycles. The Morgan fingerprint density at radius 1 is 1.15 bits per heavy atom. The maximum absolute atomic E-state index is 4.67. The third kappa shape index (κ3) is 4.23. The van der Waals surface area contributed by atoms with Crippen molar-refractivity contribution < 1.29 is 0 Å². The first-order valence-corrected chi connectivity index (χ1v) is 7.98. The van der Waals surface area contributed by atoms with Gasteiger partial charge in [0.15, 0.2) is 5.82 Å². The van der Waals surface area contributed by atoms with Gasteiger partial charge in [0.05, 0.1) is 0 Å². The number of hydrogen-bond acceptors (Lipinski definition) is 4. The molecule has 2 aromatic rings. The van der Waals surface area contributed by atoms with Gasteiger partial charge in [0.2, 0.25) is 0 Å². The lowest BCUT2D eigenvalue weighted by atomic mass is 10.2. The van der Waals surface area contributed by atoms with E-state index >= 15 is 0 Å². The SMILES string of the molecule is CCNc1cc(SCC(C)C)nc(-c2ccccc2)n1. The molecule has 106 valence electrons. The summed E-state index contributed by atoms with van der Waals surface area (Å²) in [7, 11) is 0. The summed E-state index contributed by atoms with van der Waals surface area (Å²) >= 11 is 1.79. The molecule has 0 aliphatic rings. The van der Waals surface area contributed by atoms with Crippen molar-refractivity contribution in [2.24, 2.45) is 5.92 Å². The molecule has 0 spiro atoms. The predicted molar refractivity (Wildman–Crippen MR) is 87.2 cm³/mol. The lowest BCUT2D eigenvalue weighted by molar-refractivity contribution is 0.749. The molecule has 4 heteroatoms. The van der Waals surface area contributed by atoms with Crippen LogP contribution < -0.4 is 5.32 Å². The van der Waals surface area contributed by atoms with Crippen LogP contribution in [0.15, 0.2) is 41.4 Å².